The van der Waals surface area contributed by atoms with E-state index in [1.54, 1.807) is 17.4 Å². The number of carbonyl (C=O) groups is 1. The summed E-state index contributed by atoms with van der Waals surface area (Å²) in [6, 6.07) is 5.02. The second-order valence-electron chi connectivity index (χ2n) is 2.85. The summed E-state index contributed by atoms with van der Waals surface area (Å²) in [4.78, 5) is 14.7. The predicted molar refractivity (Wildman–Crippen MR) is 59.5 cm³/mol. The van der Waals surface area contributed by atoms with Crippen LogP contribution in [0.3, 0.4) is 0 Å². The maximum Gasteiger partial charge on any atom is 0.338 e. The van der Waals surface area contributed by atoms with Gasteiger partial charge in [0.15, 0.2) is 0 Å². The Balaban J connectivity index is 2.47. The minimum atomic E-state index is -1.07. The van der Waals surface area contributed by atoms with Crippen molar-refractivity contribution in [1.82, 2.24) is 4.98 Å². The Labute approximate surface area is 95.0 Å². The third-order valence-electron chi connectivity index (χ3n) is 1.90. The summed E-state index contributed by atoms with van der Waals surface area (Å²) >= 11 is 7.30. The molecule has 3 nitrogen and oxygen atoms in total. The molecule has 2 aromatic rings. The largest absolute Gasteiger partial charge is 0.478 e. The summed E-state index contributed by atoms with van der Waals surface area (Å²) in [7, 11) is 0. The molecule has 0 aliphatic rings. The van der Waals surface area contributed by atoms with Crippen molar-refractivity contribution in [3.8, 4) is 11.3 Å². The first-order valence-corrected chi connectivity index (χ1v) is 5.43. The number of halogens is 1. The van der Waals surface area contributed by atoms with E-state index in [-0.39, 0.29) is 10.7 Å². The molecule has 5 heteroatoms. The van der Waals surface area contributed by atoms with E-state index in [1.165, 1.54) is 6.07 Å². The van der Waals surface area contributed by atoms with E-state index >= 15 is 0 Å². The smallest absolute Gasteiger partial charge is 0.338 e. The van der Waals surface area contributed by atoms with Crippen LogP contribution in [0.15, 0.2) is 29.0 Å². The fourth-order valence-electron chi connectivity index (χ4n) is 1.16. The normalized spacial score (nSPS) is 10.2. The summed E-state index contributed by atoms with van der Waals surface area (Å²) in [6.45, 7) is 0. The Bertz CT molecular complexity index is 496. The Morgan fingerprint density at radius 1 is 1.40 bits per heavy atom. The third-order valence-corrected chi connectivity index (χ3v) is 2.87. The summed E-state index contributed by atoms with van der Waals surface area (Å²) in [5, 5.41) is 12.6. The molecule has 0 bridgehead atoms. The van der Waals surface area contributed by atoms with Gasteiger partial charge in [0.2, 0.25) is 0 Å². The van der Waals surface area contributed by atoms with Crippen molar-refractivity contribution >= 4 is 28.9 Å². The zero-order chi connectivity index (χ0) is 10.8. The minimum absolute atomic E-state index is 0.0196. The highest BCUT2D eigenvalue weighted by Gasteiger charge is 2.11. The van der Waals surface area contributed by atoms with Gasteiger partial charge >= 0.3 is 5.97 Å². The topological polar surface area (TPSA) is 50.2 Å². The molecule has 0 aliphatic heterocycles. The number of pyridine rings is 1. The van der Waals surface area contributed by atoms with Gasteiger partial charge in [0.1, 0.15) is 5.15 Å². The number of nitrogens with zero attached hydrogens (tertiary/aromatic N) is 1. The fourth-order valence-corrected chi connectivity index (χ4v) is 2.05. The van der Waals surface area contributed by atoms with Gasteiger partial charge in [-0.15, -0.1) is 0 Å². The van der Waals surface area contributed by atoms with Crippen LogP contribution in [0, 0.1) is 0 Å². The average Bonchev–Trinajstić information content (AvgIpc) is 2.69. The van der Waals surface area contributed by atoms with Crippen LogP contribution in [-0.2, 0) is 0 Å². The first-order chi connectivity index (χ1) is 7.18. The van der Waals surface area contributed by atoms with E-state index in [9.17, 15) is 4.79 Å². The van der Waals surface area contributed by atoms with Crippen LogP contribution in [0.5, 0.6) is 0 Å². The number of carboxylic acids is 1. The number of carboxylic acid groups (broad SMARTS) is 1. The van der Waals surface area contributed by atoms with Crippen LogP contribution in [0.1, 0.15) is 10.4 Å². The number of aromatic carboxylic acids is 1. The van der Waals surface area contributed by atoms with E-state index in [0.29, 0.717) is 5.69 Å². The molecular formula is C10H6ClNO2S. The fraction of sp³-hybridized carbons (Fsp3) is 0. The zero-order valence-corrected chi connectivity index (χ0v) is 9.05. The van der Waals surface area contributed by atoms with Crippen molar-refractivity contribution in [1.29, 1.82) is 0 Å². The van der Waals surface area contributed by atoms with Crippen LogP contribution in [-0.4, -0.2) is 16.1 Å². The second-order valence-corrected chi connectivity index (χ2v) is 3.99. The molecule has 1 N–H and O–H groups in total. The Hall–Kier alpha value is -1.39. The van der Waals surface area contributed by atoms with Gasteiger partial charge in [-0.25, -0.2) is 9.78 Å². The molecule has 0 aliphatic carbocycles. The minimum Gasteiger partial charge on any atom is -0.478 e. The number of thiophene rings is 1. The van der Waals surface area contributed by atoms with Crippen molar-refractivity contribution in [2.75, 3.05) is 0 Å². The van der Waals surface area contributed by atoms with Gasteiger partial charge in [-0.1, -0.05) is 11.6 Å². The highest BCUT2D eigenvalue weighted by molar-refractivity contribution is 7.08. The SMILES string of the molecule is O=C(O)c1ccc(-c2ccsc2)nc1Cl. The van der Waals surface area contributed by atoms with Crippen molar-refractivity contribution in [3.05, 3.63) is 39.7 Å². The number of hydrogen-bond donors (Lipinski definition) is 1. The Morgan fingerprint density at radius 3 is 2.73 bits per heavy atom. The van der Waals surface area contributed by atoms with E-state index in [4.69, 9.17) is 16.7 Å². The quantitative estimate of drug-likeness (QED) is 0.819. The monoisotopic (exact) mass is 239 g/mol. The second kappa shape index (κ2) is 4.00. The van der Waals surface area contributed by atoms with Crippen LogP contribution in [0.25, 0.3) is 11.3 Å². The summed E-state index contributed by atoms with van der Waals surface area (Å²) in [6.07, 6.45) is 0. The molecule has 0 amide bonds. The molecule has 0 saturated carbocycles. The van der Waals surface area contributed by atoms with Crippen molar-refractivity contribution in [3.63, 3.8) is 0 Å². The lowest BCUT2D eigenvalue weighted by molar-refractivity contribution is 0.0696. The highest BCUT2D eigenvalue weighted by Crippen LogP contribution is 2.23. The molecule has 0 saturated heterocycles. The molecule has 0 atom stereocenters. The number of hydrogen-bond acceptors (Lipinski definition) is 3. The van der Waals surface area contributed by atoms with Crippen LogP contribution < -0.4 is 0 Å². The molecule has 0 fully saturated rings. The molecule has 15 heavy (non-hydrogen) atoms. The summed E-state index contributed by atoms with van der Waals surface area (Å²) in [5.41, 5.74) is 1.65. The molecule has 76 valence electrons. The van der Waals surface area contributed by atoms with Gasteiger partial charge in [0, 0.05) is 10.9 Å². The Kier molecular flexibility index (Phi) is 2.70. The molecule has 0 unspecified atom stereocenters. The maximum absolute atomic E-state index is 10.7. The van der Waals surface area contributed by atoms with E-state index in [1.807, 2.05) is 16.8 Å². The van der Waals surface area contributed by atoms with Crippen molar-refractivity contribution < 1.29 is 9.90 Å². The van der Waals surface area contributed by atoms with Gasteiger partial charge in [0.25, 0.3) is 0 Å². The van der Waals surface area contributed by atoms with Gasteiger partial charge in [-0.3, -0.25) is 0 Å². The van der Waals surface area contributed by atoms with Crippen molar-refractivity contribution in [2.45, 2.75) is 0 Å². The predicted octanol–water partition coefficient (Wildman–Crippen LogP) is 3.16. The zero-order valence-electron chi connectivity index (χ0n) is 7.48. The van der Waals surface area contributed by atoms with Crippen LogP contribution >= 0.6 is 22.9 Å². The molecule has 2 heterocycles. The maximum atomic E-state index is 10.7. The van der Waals surface area contributed by atoms with E-state index in [2.05, 4.69) is 4.98 Å². The molecule has 0 aromatic carbocycles. The van der Waals surface area contributed by atoms with Crippen LogP contribution in [0.4, 0.5) is 0 Å². The van der Waals surface area contributed by atoms with E-state index < -0.39 is 5.97 Å². The average molecular weight is 240 g/mol. The van der Waals surface area contributed by atoms with Crippen LogP contribution in [0.2, 0.25) is 5.15 Å². The van der Waals surface area contributed by atoms with Gasteiger partial charge in [-0.2, -0.15) is 11.3 Å². The number of aromatic nitrogens is 1. The molecular weight excluding hydrogens is 234 g/mol. The first-order valence-electron chi connectivity index (χ1n) is 4.11. The lowest BCUT2D eigenvalue weighted by atomic mass is 10.2. The Morgan fingerprint density at radius 2 is 2.20 bits per heavy atom. The standard InChI is InChI=1S/C10H6ClNO2S/c11-9-7(10(13)14)1-2-8(12-9)6-3-4-15-5-6/h1-5H,(H,13,14). The molecule has 0 radical (unpaired) electrons. The highest BCUT2D eigenvalue weighted by atomic mass is 35.5. The molecule has 2 rings (SSSR count). The summed E-state index contributed by atoms with van der Waals surface area (Å²) < 4.78 is 0. The summed E-state index contributed by atoms with van der Waals surface area (Å²) in [5.74, 6) is -1.07. The molecule has 2 aromatic heterocycles. The third kappa shape index (κ3) is 2.00. The number of rotatable bonds is 2. The van der Waals surface area contributed by atoms with E-state index in [0.717, 1.165) is 5.56 Å². The first kappa shape index (κ1) is 10.1. The van der Waals surface area contributed by atoms with Gasteiger partial charge in [-0.05, 0) is 23.6 Å². The van der Waals surface area contributed by atoms with Gasteiger partial charge in [0.05, 0.1) is 11.3 Å². The lowest BCUT2D eigenvalue weighted by Gasteiger charge is -2.00. The van der Waals surface area contributed by atoms with Crippen molar-refractivity contribution in [2.24, 2.45) is 0 Å². The lowest BCUT2D eigenvalue weighted by Crippen LogP contribution is -1.99. The molecule has 0 spiro atoms. The van der Waals surface area contributed by atoms with Gasteiger partial charge < -0.3 is 5.11 Å².